The first kappa shape index (κ1) is 13.8. The molecule has 1 aliphatic heterocycles. The minimum absolute atomic E-state index is 0.236. The molecule has 1 unspecified atom stereocenters. The van der Waals surface area contributed by atoms with Gasteiger partial charge < -0.3 is 10.2 Å². The first-order valence-electron chi connectivity index (χ1n) is 6.40. The Kier molecular flexibility index (Phi) is 5.03. The second-order valence-corrected chi connectivity index (χ2v) is 6.56. The Hall–Kier alpha value is -0.580. The topological polar surface area (TPSA) is 32.3 Å². The van der Waals surface area contributed by atoms with Gasteiger partial charge in [0.2, 0.25) is 6.41 Å². The molecule has 1 saturated heterocycles. The van der Waals surface area contributed by atoms with Crippen molar-refractivity contribution in [3.8, 4) is 0 Å². The maximum absolute atomic E-state index is 11.3. The van der Waals surface area contributed by atoms with E-state index in [0.717, 1.165) is 41.2 Å². The van der Waals surface area contributed by atoms with E-state index in [1.165, 1.54) is 24.2 Å². The average Bonchev–Trinajstić information content (AvgIpc) is 2.78. The van der Waals surface area contributed by atoms with Crippen LogP contribution in [0, 0.1) is 5.92 Å². The van der Waals surface area contributed by atoms with Crippen molar-refractivity contribution < 1.29 is 4.79 Å². The van der Waals surface area contributed by atoms with Crippen molar-refractivity contribution in [2.45, 2.75) is 32.2 Å². The van der Waals surface area contributed by atoms with E-state index < -0.39 is 0 Å². The van der Waals surface area contributed by atoms with Gasteiger partial charge >= 0.3 is 0 Å². The monoisotopic (exact) mass is 286 g/mol. The maximum Gasteiger partial charge on any atom is 0.214 e. The number of nitrogens with zero attached hydrogens (tertiary/aromatic N) is 1. The molecule has 0 spiro atoms. The molecule has 18 heavy (non-hydrogen) atoms. The molecule has 0 aromatic carbocycles. The Labute approximate surface area is 117 Å². The SMILES string of the molecule is CC(CC1CCNCC1)N(C=O)c1ccc(Cl)s1. The van der Waals surface area contributed by atoms with Gasteiger partial charge in [0, 0.05) is 6.04 Å². The summed E-state index contributed by atoms with van der Waals surface area (Å²) < 4.78 is 0.728. The van der Waals surface area contributed by atoms with E-state index in [4.69, 9.17) is 11.6 Å². The van der Waals surface area contributed by atoms with Gasteiger partial charge in [-0.15, -0.1) is 11.3 Å². The Morgan fingerprint density at radius 1 is 1.56 bits per heavy atom. The summed E-state index contributed by atoms with van der Waals surface area (Å²) >= 11 is 7.38. The molecule has 100 valence electrons. The van der Waals surface area contributed by atoms with Crippen LogP contribution in [-0.4, -0.2) is 25.5 Å². The molecule has 1 atom stereocenters. The summed E-state index contributed by atoms with van der Waals surface area (Å²) in [6.07, 6.45) is 4.41. The second-order valence-electron chi connectivity index (χ2n) is 4.87. The summed E-state index contributed by atoms with van der Waals surface area (Å²) in [6, 6.07) is 4.00. The van der Waals surface area contributed by atoms with Gasteiger partial charge in [0.25, 0.3) is 0 Å². The lowest BCUT2D eigenvalue weighted by atomic mass is 9.91. The zero-order valence-corrected chi connectivity index (χ0v) is 12.1. The summed E-state index contributed by atoms with van der Waals surface area (Å²) in [7, 11) is 0. The summed E-state index contributed by atoms with van der Waals surface area (Å²) in [5, 5.41) is 4.31. The highest BCUT2D eigenvalue weighted by Crippen LogP contribution is 2.31. The van der Waals surface area contributed by atoms with Gasteiger partial charge in [-0.1, -0.05) is 11.6 Å². The predicted molar refractivity (Wildman–Crippen MR) is 77.5 cm³/mol. The number of nitrogens with one attached hydrogen (secondary N) is 1. The third-order valence-electron chi connectivity index (χ3n) is 3.54. The molecule has 0 bridgehead atoms. The molecule has 1 N–H and O–H groups in total. The maximum atomic E-state index is 11.3. The molecule has 1 amide bonds. The molecule has 1 fully saturated rings. The van der Waals surface area contributed by atoms with Crippen LogP contribution in [0.4, 0.5) is 5.00 Å². The molecule has 1 aromatic heterocycles. The van der Waals surface area contributed by atoms with Gasteiger partial charge in [-0.05, 0) is 57.3 Å². The quantitative estimate of drug-likeness (QED) is 0.844. The summed E-state index contributed by atoms with van der Waals surface area (Å²) in [6.45, 7) is 4.32. The third kappa shape index (κ3) is 3.46. The Bertz CT molecular complexity index is 390. The first-order chi connectivity index (χ1) is 8.70. The standard InChI is InChI=1S/C13H19ClN2OS/c1-10(8-11-4-6-15-7-5-11)16(9-17)13-3-2-12(14)18-13/h2-3,9-11,15H,4-8H2,1H3. The number of anilines is 1. The highest BCUT2D eigenvalue weighted by atomic mass is 35.5. The Morgan fingerprint density at radius 3 is 2.83 bits per heavy atom. The normalized spacial score (nSPS) is 18.6. The number of carbonyl (C=O) groups is 1. The fourth-order valence-corrected chi connectivity index (χ4v) is 3.63. The molecule has 3 nitrogen and oxygen atoms in total. The van der Waals surface area contributed by atoms with Crippen LogP contribution in [-0.2, 0) is 4.79 Å². The molecule has 2 rings (SSSR count). The van der Waals surface area contributed by atoms with Crippen molar-refractivity contribution >= 4 is 34.3 Å². The highest BCUT2D eigenvalue weighted by molar-refractivity contribution is 7.20. The number of hydrogen-bond donors (Lipinski definition) is 1. The van der Waals surface area contributed by atoms with E-state index in [-0.39, 0.29) is 6.04 Å². The van der Waals surface area contributed by atoms with E-state index in [2.05, 4.69) is 12.2 Å². The van der Waals surface area contributed by atoms with E-state index in [9.17, 15) is 4.79 Å². The largest absolute Gasteiger partial charge is 0.317 e. The van der Waals surface area contributed by atoms with Gasteiger partial charge in [0.1, 0.15) is 0 Å². The van der Waals surface area contributed by atoms with Crippen molar-refractivity contribution in [1.82, 2.24) is 5.32 Å². The molecule has 5 heteroatoms. The number of amides is 1. The zero-order valence-electron chi connectivity index (χ0n) is 10.6. The molecule has 0 radical (unpaired) electrons. The zero-order chi connectivity index (χ0) is 13.0. The van der Waals surface area contributed by atoms with Crippen LogP contribution in [0.5, 0.6) is 0 Å². The second kappa shape index (κ2) is 6.55. The fourth-order valence-electron chi connectivity index (χ4n) is 2.53. The average molecular weight is 287 g/mol. The Balaban J connectivity index is 1.96. The number of rotatable bonds is 5. The predicted octanol–water partition coefficient (Wildman–Crippen LogP) is 3.14. The van der Waals surface area contributed by atoms with Crippen molar-refractivity contribution in [2.75, 3.05) is 18.0 Å². The van der Waals surface area contributed by atoms with Gasteiger partial charge in [0.15, 0.2) is 0 Å². The van der Waals surface area contributed by atoms with E-state index in [1.807, 2.05) is 12.1 Å². The molecule has 0 saturated carbocycles. The summed E-state index contributed by atoms with van der Waals surface area (Å²) in [5.41, 5.74) is 0. The van der Waals surface area contributed by atoms with Crippen LogP contribution in [0.2, 0.25) is 4.34 Å². The molecule has 1 aliphatic rings. The number of carbonyl (C=O) groups excluding carboxylic acids is 1. The third-order valence-corrected chi connectivity index (χ3v) is 4.78. The molecular weight excluding hydrogens is 268 g/mol. The lowest BCUT2D eigenvalue weighted by molar-refractivity contribution is -0.107. The lowest BCUT2D eigenvalue weighted by Gasteiger charge is -2.30. The molecule has 0 aliphatic carbocycles. The number of thiophene rings is 1. The van der Waals surface area contributed by atoms with Crippen LogP contribution in [0.1, 0.15) is 26.2 Å². The molecule has 1 aromatic rings. The van der Waals surface area contributed by atoms with E-state index in [1.54, 1.807) is 4.90 Å². The first-order valence-corrected chi connectivity index (χ1v) is 7.60. The smallest absolute Gasteiger partial charge is 0.214 e. The van der Waals surface area contributed by atoms with Crippen molar-refractivity contribution in [2.24, 2.45) is 5.92 Å². The van der Waals surface area contributed by atoms with Crippen LogP contribution in [0.15, 0.2) is 12.1 Å². The van der Waals surface area contributed by atoms with E-state index in [0.29, 0.717) is 0 Å². The Morgan fingerprint density at radius 2 is 2.28 bits per heavy atom. The van der Waals surface area contributed by atoms with Gasteiger partial charge in [0.05, 0.1) is 9.34 Å². The summed E-state index contributed by atoms with van der Waals surface area (Å²) in [4.78, 5) is 13.1. The van der Waals surface area contributed by atoms with Crippen LogP contribution in [0.25, 0.3) is 0 Å². The van der Waals surface area contributed by atoms with Gasteiger partial charge in [-0.3, -0.25) is 4.79 Å². The number of piperidine rings is 1. The van der Waals surface area contributed by atoms with Crippen molar-refractivity contribution in [3.63, 3.8) is 0 Å². The lowest BCUT2D eigenvalue weighted by Crippen LogP contribution is -2.36. The summed E-state index contributed by atoms with van der Waals surface area (Å²) in [5.74, 6) is 0.721. The number of hydrogen-bond acceptors (Lipinski definition) is 3. The van der Waals surface area contributed by atoms with Crippen LogP contribution < -0.4 is 10.2 Å². The fraction of sp³-hybridized carbons (Fsp3) is 0.615. The minimum Gasteiger partial charge on any atom is -0.317 e. The van der Waals surface area contributed by atoms with Gasteiger partial charge in [-0.2, -0.15) is 0 Å². The molecular formula is C13H19ClN2OS. The minimum atomic E-state index is 0.236. The van der Waals surface area contributed by atoms with E-state index >= 15 is 0 Å². The van der Waals surface area contributed by atoms with Crippen LogP contribution in [0.3, 0.4) is 0 Å². The van der Waals surface area contributed by atoms with Crippen molar-refractivity contribution in [1.29, 1.82) is 0 Å². The highest BCUT2D eigenvalue weighted by Gasteiger charge is 2.21. The molecule has 2 heterocycles. The number of halogens is 1. The van der Waals surface area contributed by atoms with Crippen molar-refractivity contribution in [3.05, 3.63) is 16.5 Å². The van der Waals surface area contributed by atoms with Crippen LogP contribution >= 0.6 is 22.9 Å². The van der Waals surface area contributed by atoms with Gasteiger partial charge in [-0.25, -0.2) is 0 Å².